The lowest BCUT2D eigenvalue weighted by atomic mass is 9.76. The van der Waals surface area contributed by atoms with E-state index in [2.05, 4.69) is 22.0 Å². The Balaban J connectivity index is 1.87. The SMILES string of the molecule is N#Cc1ccc2c(c1)OCCC21CCCC2=CN=C[N+]21. The smallest absolute Gasteiger partial charge is 0.245 e. The highest BCUT2D eigenvalue weighted by Gasteiger charge is 2.55. The van der Waals surface area contributed by atoms with Gasteiger partial charge in [-0.1, -0.05) is 4.90 Å². The zero-order valence-electron chi connectivity index (χ0n) is 11.2. The molecule has 0 bridgehead atoms. The van der Waals surface area contributed by atoms with Gasteiger partial charge < -0.3 is 4.74 Å². The molecule has 1 atom stereocenters. The summed E-state index contributed by atoms with van der Waals surface area (Å²) < 4.78 is 5.80. The van der Waals surface area contributed by atoms with Gasteiger partial charge in [-0.15, -0.1) is 0 Å². The molecule has 1 saturated heterocycles. The van der Waals surface area contributed by atoms with Gasteiger partial charge >= 0.3 is 0 Å². The predicted octanol–water partition coefficient (Wildman–Crippen LogP) is 2.74. The van der Waals surface area contributed by atoms with Gasteiger partial charge in [-0.2, -0.15) is 5.26 Å². The topological polar surface area (TPSA) is 51.3 Å². The highest BCUT2D eigenvalue weighted by Crippen LogP contribution is 2.48. The molecule has 1 fully saturated rings. The molecule has 4 heteroatoms. The quantitative estimate of drug-likeness (QED) is 0.677. The first-order chi connectivity index (χ1) is 9.83. The van der Waals surface area contributed by atoms with Crippen molar-refractivity contribution in [3.05, 3.63) is 41.2 Å². The fraction of sp³-hybridized carbons (Fsp3) is 0.375. The van der Waals surface area contributed by atoms with Crippen LogP contribution in [0.4, 0.5) is 0 Å². The third-order valence-corrected chi connectivity index (χ3v) is 4.58. The maximum absolute atomic E-state index is 9.04. The second-order valence-corrected chi connectivity index (χ2v) is 5.56. The Kier molecular flexibility index (Phi) is 2.45. The Bertz CT molecular complexity index is 671. The molecule has 99 valence electrons. The molecule has 0 amide bonds. The third kappa shape index (κ3) is 1.47. The zero-order chi connectivity index (χ0) is 13.6. The van der Waals surface area contributed by atoms with Gasteiger partial charge in [0.2, 0.25) is 6.34 Å². The Morgan fingerprint density at radius 1 is 1.35 bits per heavy atom. The van der Waals surface area contributed by atoms with Gasteiger partial charge in [0.05, 0.1) is 30.0 Å². The van der Waals surface area contributed by atoms with Crippen LogP contribution < -0.4 is 9.64 Å². The minimum absolute atomic E-state index is 0.0361. The molecule has 4 rings (SSSR count). The maximum atomic E-state index is 9.04. The Morgan fingerprint density at radius 3 is 3.20 bits per heavy atom. The van der Waals surface area contributed by atoms with E-state index in [1.165, 1.54) is 17.7 Å². The first-order valence-electron chi connectivity index (χ1n) is 7.03. The molecule has 1 aromatic rings. The van der Waals surface area contributed by atoms with E-state index in [1.54, 1.807) is 0 Å². The molecule has 3 heterocycles. The number of ether oxygens (including phenoxy) is 1. The molecule has 1 spiro atoms. The highest BCUT2D eigenvalue weighted by atomic mass is 16.5. The number of aliphatic imine (C=N–C) groups is 1. The third-order valence-electron chi connectivity index (χ3n) is 4.58. The van der Waals surface area contributed by atoms with Crippen LogP contribution in [0.1, 0.15) is 36.8 Å². The lowest BCUT2D eigenvalue weighted by molar-refractivity contribution is 0.143. The van der Waals surface area contributed by atoms with Crippen molar-refractivity contribution in [2.45, 2.75) is 31.2 Å². The summed E-state index contributed by atoms with van der Waals surface area (Å²) in [6.07, 6.45) is 8.26. The molecule has 20 heavy (non-hydrogen) atoms. The summed E-state index contributed by atoms with van der Waals surface area (Å²) in [7, 11) is 0. The first kappa shape index (κ1) is 11.7. The maximum Gasteiger partial charge on any atom is 0.245 e. The Morgan fingerprint density at radius 2 is 2.30 bits per heavy atom. The van der Waals surface area contributed by atoms with Crippen molar-refractivity contribution in [2.75, 3.05) is 6.61 Å². The fourth-order valence-electron chi connectivity index (χ4n) is 3.65. The van der Waals surface area contributed by atoms with Gasteiger partial charge in [0.1, 0.15) is 5.75 Å². The molecule has 0 saturated carbocycles. The number of piperidine rings is 1. The van der Waals surface area contributed by atoms with Crippen LogP contribution in [-0.4, -0.2) is 12.9 Å². The second-order valence-electron chi connectivity index (χ2n) is 5.56. The number of fused-ring (bicyclic) bond motifs is 4. The van der Waals surface area contributed by atoms with Gasteiger partial charge in [-0.05, 0) is 24.6 Å². The van der Waals surface area contributed by atoms with Crippen molar-refractivity contribution in [1.29, 1.82) is 5.26 Å². The Labute approximate surface area is 118 Å². The van der Waals surface area contributed by atoms with E-state index >= 15 is 0 Å². The summed E-state index contributed by atoms with van der Waals surface area (Å²) in [5.41, 5.74) is 3.11. The van der Waals surface area contributed by atoms with E-state index < -0.39 is 0 Å². The number of benzene rings is 1. The molecule has 0 aromatic heterocycles. The van der Waals surface area contributed by atoms with Crippen LogP contribution in [-0.2, 0) is 5.54 Å². The normalized spacial score (nSPS) is 27.4. The minimum Gasteiger partial charge on any atom is -0.493 e. The van der Waals surface area contributed by atoms with E-state index in [4.69, 9.17) is 10.00 Å². The van der Waals surface area contributed by atoms with Gasteiger partial charge in [-0.3, -0.25) is 0 Å². The van der Waals surface area contributed by atoms with E-state index in [0.29, 0.717) is 12.2 Å². The summed E-state index contributed by atoms with van der Waals surface area (Å²) in [4.78, 5) is 6.65. The minimum atomic E-state index is -0.0361. The van der Waals surface area contributed by atoms with E-state index in [-0.39, 0.29) is 5.54 Å². The van der Waals surface area contributed by atoms with Crippen LogP contribution in [0.5, 0.6) is 5.75 Å². The summed E-state index contributed by atoms with van der Waals surface area (Å²) in [6, 6.07) is 7.99. The summed E-state index contributed by atoms with van der Waals surface area (Å²) >= 11 is 0. The molecule has 1 aromatic carbocycles. The van der Waals surface area contributed by atoms with Crippen molar-refractivity contribution >= 4 is 6.34 Å². The molecule has 0 N–H and O–H groups in total. The highest BCUT2D eigenvalue weighted by molar-refractivity contribution is 5.69. The average molecular weight is 265 g/mol. The fourth-order valence-corrected chi connectivity index (χ4v) is 3.65. The van der Waals surface area contributed by atoms with Crippen LogP contribution in [0, 0.1) is 11.3 Å². The molecule has 0 aliphatic carbocycles. The lowest BCUT2D eigenvalue weighted by Crippen LogP contribution is -2.53. The number of nitriles is 1. The number of allylic oxidation sites excluding steroid dienone is 1. The summed E-state index contributed by atoms with van der Waals surface area (Å²) in [5, 5.41) is 9.04. The molecule has 4 nitrogen and oxygen atoms in total. The van der Waals surface area contributed by atoms with Crippen LogP contribution in [0.25, 0.3) is 0 Å². The number of nitrogens with zero attached hydrogens (tertiary/aromatic N) is 3. The van der Waals surface area contributed by atoms with Crippen molar-refractivity contribution in [2.24, 2.45) is 4.99 Å². The standard InChI is InChI=1S/C16H15N3O/c17-9-12-3-4-14-15(8-12)20-7-6-16(14)5-1-2-13-10-18-11-19(13)16/h3-4,8,10-11H,1-2,5-7H2/q+1. The van der Waals surface area contributed by atoms with E-state index in [9.17, 15) is 0 Å². The summed E-state index contributed by atoms with van der Waals surface area (Å²) in [6.45, 7) is 0.694. The van der Waals surface area contributed by atoms with Crippen molar-refractivity contribution in [3.8, 4) is 11.8 Å². The molecular formula is C16H15N3O+. The van der Waals surface area contributed by atoms with Gasteiger partial charge in [-0.25, -0.2) is 4.99 Å². The van der Waals surface area contributed by atoms with Gasteiger partial charge in [0.25, 0.3) is 0 Å². The lowest BCUT2D eigenvalue weighted by Gasteiger charge is -2.39. The second kappa shape index (κ2) is 4.19. The molecule has 3 aliphatic rings. The monoisotopic (exact) mass is 265 g/mol. The largest absolute Gasteiger partial charge is 0.493 e. The molecule has 1 unspecified atom stereocenters. The van der Waals surface area contributed by atoms with Crippen molar-refractivity contribution in [1.82, 2.24) is 4.90 Å². The Hall–Kier alpha value is -2.12. The first-order valence-corrected chi connectivity index (χ1v) is 7.03. The van der Waals surface area contributed by atoms with Gasteiger partial charge in [0.15, 0.2) is 11.2 Å². The molecular weight excluding hydrogens is 250 g/mol. The van der Waals surface area contributed by atoms with Crippen molar-refractivity contribution in [3.63, 3.8) is 0 Å². The van der Waals surface area contributed by atoms with E-state index in [1.807, 2.05) is 24.7 Å². The van der Waals surface area contributed by atoms with Crippen LogP contribution >= 0.6 is 0 Å². The number of hydrogen-bond acceptors (Lipinski definition) is 4. The van der Waals surface area contributed by atoms with Crippen molar-refractivity contribution < 1.29 is 4.74 Å². The number of hydrogen-bond donors (Lipinski definition) is 0. The summed E-state index contributed by atoms with van der Waals surface area (Å²) in [5.74, 6) is 0.858. The van der Waals surface area contributed by atoms with Crippen LogP contribution in [0.15, 0.2) is 35.1 Å². The predicted molar refractivity (Wildman–Crippen MR) is 75.5 cm³/mol. The molecule has 1 radical (unpaired) electrons. The van der Waals surface area contributed by atoms with Gasteiger partial charge in [0, 0.05) is 19.3 Å². The van der Waals surface area contributed by atoms with Crippen LogP contribution in [0.3, 0.4) is 0 Å². The zero-order valence-corrected chi connectivity index (χ0v) is 11.2. The average Bonchev–Trinajstić information content (AvgIpc) is 2.97. The molecule has 3 aliphatic heterocycles. The number of rotatable bonds is 0. The van der Waals surface area contributed by atoms with E-state index in [0.717, 1.165) is 25.0 Å². The van der Waals surface area contributed by atoms with Crippen LogP contribution in [0.2, 0.25) is 0 Å².